The number of pyridine rings is 1. The third-order valence-corrected chi connectivity index (χ3v) is 15.9. The molecule has 1 unspecified atom stereocenters. The van der Waals surface area contributed by atoms with Gasteiger partial charge in [-0.1, -0.05) is 98.7 Å². The molecule has 0 saturated carbocycles. The minimum absolute atomic E-state index is 0.00903. The van der Waals surface area contributed by atoms with Gasteiger partial charge in [0.05, 0.1) is 11.6 Å². The first-order valence-corrected chi connectivity index (χ1v) is 29.8. The molecule has 4 N–H and O–H groups in total. The Morgan fingerprint density at radius 1 is 0.518 bits per heavy atom. The average Bonchev–Trinajstić information content (AvgIpc) is 0.801. The van der Waals surface area contributed by atoms with Crippen molar-refractivity contribution in [2.24, 2.45) is 16.2 Å². The highest BCUT2D eigenvalue weighted by Crippen LogP contribution is 2.56. The fourth-order valence-electron chi connectivity index (χ4n) is 12.9. The summed E-state index contributed by atoms with van der Waals surface area (Å²) in [6.07, 6.45) is -0.700. The lowest BCUT2D eigenvalue weighted by Crippen LogP contribution is -2.78. The molecule has 0 aliphatic carbocycles. The number of carboxylic acid groups (broad SMARTS) is 3. The first kappa shape index (κ1) is 67.7. The molecule has 5 rings (SSSR count). The highest BCUT2D eigenvalue weighted by atomic mass is 16.6. The molecular formula is C63H101N9O11. The van der Waals surface area contributed by atoms with Crippen molar-refractivity contribution in [2.45, 2.75) is 172 Å². The lowest BCUT2D eigenvalue weighted by atomic mass is 9.51. The van der Waals surface area contributed by atoms with Gasteiger partial charge in [0.25, 0.3) is 0 Å². The molecule has 20 heteroatoms. The predicted octanol–water partition coefficient (Wildman–Crippen LogP) is 11.3. The van der Waals surface area contributed by atoms with E-state index >= 15 is 0 Å². The molecule has 20 nitrogen and oxygen atoms in total. The van der Waals surface area contributed by atoms with E-state index in [1.54, 1.807) is 22.1 Å². The van der Waals surface area contributed by atoms with E-state index in [9.17, 15) is 44.4 Å². The van der Waals surface area contributed by atoms with Crippen LogP contribution in [0.15, 0.2) is 54.7 Å². The van der Waals surface area contributed by atoms with Gasteiger partial charge < -0.3 is 49.5 Å². The molecule has 0 radical (unpaired) electrons. The summed E-state index contributed by atoms with van der Waals surface area (Å²) in [5, 5.41) is 44.3. The van der Waals surface area contributed by atoms with E-state index in [1.807, 2.05) is 134 Å². The van der Waals surface area contributed by atoms with E-state index in [-0.39, 0.29) is 38.3 Å². The number of hydrogen-bond donors (Lipinski definition) is 4. The summed E-state index contributed by atoms with van der Waals surface area (Å²) >= 11 is 0. The van der Waals surface area contributed by atoms with Crippen molar-refractivity contribution in [3.05, 3.63) is 71.4 Å². The van der Waals surface area contributed by atoms with Crippen LogP contribution in [0.3, 0.4) is 0 Å². The maximum Gasteiger partial charge on any atom is 0.410 e. The number of amides is 5. The Labute approximate surface area is 494 Å². The molecule has 83 heavy (non-hydrogen) atoms. The highest BCUT2D eigenvalue weighted by molar-refractivity contribution is 5.87. The number of phenols is 1. The lowest BCUT2D eigenvalue weighted by molar-refractivity contribution is -0.148. The summed E-state index contributed by atoms with van der Waals surface area (Å²) in [5.74, 6) is 0.105. The van der Waals surface area contributed by atoms with E-state index in [4.69, 9.17) is 9.47 Å². The van der Waals surface area contributed by atoms with Gasteiger partial charge in [-0.2, -0.15) is 0 Å². The largest absolute Gasteiger partial charge is 0.506 e. The molecule has 0 spiro atoms. The number of aromatic hydroxyl groups is 1. The maximum absolute atomic E-state index is 14.0. The average molecular weight is 1160 g/mol. The van der Waals surface area contributed by atoms with Crippen LogP contribution in [0.1, 0.15) is 146 Å². The Morgan fingerprint density at radius 3 is 1.42 bits per heavy atom. The van der Waals surface area contributed by atoms with Crippen LogP contribution in [-0.4, -0.2) is 209 Å². The second-order valence-electron chi connectivity index (χ2n) is 27.9. The Kier molecular flexibility index (Phi) is 23.0. The van der Waals surface area contributed by atoms with Gasteiger partial charge in [-0.05, 0) is 112 Å². The SMILES string of the molecule is CC(C)(C)OC(=O)N1CCCN(Cc2ccc(O)c3ncccc23)CCN(C(=O)OC(C)(C)C)CCCN(Cc2cccc(CN3CCCN(C(=O)O)C(C(C)(C)C)(C(C)(C)C)C(C(C)(C)C)N(C(=O)O)CCCN(C(=O)O)CC3)c2)CC1. The second kappa shape index (κ2) is 28.2. The zero-order valence-corrected chi connectivity index (χ0v) is 52.8. The van der Waals surface area contributed by atoms with E-state index in [0.717, 1.165) is 22.1 Å². The monoisotopic (exact) mass is 1160 g/mol. The molecule has 1 atom stereocenters. The number of carbonyl (C=O) groups is 5. The number of rotatable bonds is 6. The molecular weight excluding hydrogens is 1060 g/mol. The zero-order chi connectivity index (χ0) is 61.9. The Bertz CT molecular complexity index is 2640. The van der Waals surface area contributed by atoms with E-state index < -0.39 is 69.5 Å². The quantitative estimate of drug-likeness (QED) is 0.180. The number of hydrogen-bond acceptors (Lipinski definition) is 12. The molecule has 1 aromatic heterocycles. The number of ether oxygens (including phenoxy) is 2. The normalized spacial score (nSPS) is 19.4. The van der Waals surface area contributed by atoms with Gasteiger partial charge in [0, 0.05) is 123 Å². The number of benzene rings is 2. The number of phenolic OH excluding ortho intramolecular Hbond substituents is 1. The van der Waals surface area contributed by atoms with E-state index in [0.29, 0.717) is 110 Å². The van der Waals surface area contributed by atoms with Crippen molar-refractivity contribution in [1.29, 1.82) is 0 Å². The standard InChI is InChI=1S/C63H101N9O11/c1-58(2,3)52-63(59(4,5)6,60(7,8)9)72(55(78)79)35-20-30-66(36-39-68(53(74)75)31-21-34-71(52)54(76)77)44-47-23-16-22-46(42-47)43-65-28-18-32-70(57(81)83-62(13,14)15)41-38-67(29-19-33-69(40-37-65)56(80)82-61(10,11)12)45-48-25-26-50(73)51-49(48)24-17-27-64-51/h16-17,22-27,42,52,73H,18-21,28-41,43-45H2,1-15H3,(H,74,75)(H,76,77)(H,78,79). The zero-order valence-electron chi connectivity index (χ0n) is 52.8. The van der Waals surface area contributed by atoms with Crippen LogP contribution in [0.25, 0.3) is 10.9 Å². The topological polar surface area (TPSA) is 224 Å². The van der Waals surface area contributed by atoms with Gasteiger partial charge in [-0.3, -0.25) is 24.6 Å². The first-order valence-electron chi connectivity index (χ1n) is 29.8. The third-order valence-electron chi connectivity index (χ3n) is 15.9. The number of nitrogens with zero attached hydrogens (tertiary/aromatic N) is 9. The molecule has 3 heterocycles. The van der Waals surface area contributed by atoms with Crippen LogP contribution in [-0.2, 0) is 29.1 Å². The smallest absolute Gasteiger partial charge is 0.410 e. The van der Waals surface area contributed by atoms with Gasteiger partial charge in [-0.25, -0.2) is 24.0 Å². The van der Waals surface area contributed by atoms with Gasteiger partial charge in [0.1, 0.15) is 22.5 Å². The number of carbonyl (C=O) groups excluding carboxylic acids is 2. The van der Waals surface area contributed by atoms with Crippen LogP contribution in [0.5, 0.6) is 5.75 Å². The van der Waals surface area contributed by atoms with E-state index in [2.05, 4.69) is 31.8 Å². The highest BCUT2D eigenvalue weighted by Gasteiger charge is 2.65. The summed E-state index contributed by atoms with van der Waals surface area (Å²) in [6, 6.07) is 14.8. The van der Waals surface area contributed by atoms with Gasteiger partial charge in [-0.15, -0.1) is 0 Å². The van der Waals surface area contributed by atoms with Crippen LogP contribution in [0.2, 0.25) is 0 Å². The van der Waals surface area contributed by atoms with Crippen molar-refractivity contribution < 1.29 is 53.9 Å². The first-order chi connectivity index (χ1) is 38.5. The molecule has 2 saturated heterocycles. The Hall–Kier alpha value is -6.12. The molecule has 2 aliphatic heterocycles. The van der Waals surface area contributed by atoms with Crippen LogP contribution in [0.4, 0.5) is 24.0 Å². The lowest BCUT2D eigenvalue weighted by Gasteiger charge is -2.66. The maximum atomic E-state index is 14.0. The minimum atomic E-state index is -1.26. The third kappa shape index (κ3) is 18.7. The van der Waals surface area contributed by atoms with Crippen molar-refractivity contribution in [1.82, 2.24) is 44.2 Å². The Morgan fingerprint density at radius 2 is 0.976 bits per heavy atom. The number of fused-ring (bicyclic) bond motifs is 1. The van der Waals surface area contributed by atoms with Crippen molar-refractivity contribution in [3.63, 3.8) is 0 Å². The van der Waals surface area contributed by atoms with Crippen molar-refractivity contribution in [2.75, 3.05) is 91.6 Å². The molecule has 5 amide bonds. The molecule has 464 valence electrons. The van der Waals surface area contributed by atoms with Crippen LogP contribution in [0, 0.1) is 16.2 Å². The fraction of sp³-hybridized carbons (Fsp3) is 0.683. The fourth-order valence-corrected chi connectivity index (χ4v) is 12.9. The van der Waals surface area contributed by atoms with Crippen LogP contribution < -0.4 is 0 Å². The number of aromatic nitrogens is 1. The summed E-state index contributed by atoms with van der Waals surface area (Å²) < 4.78 is 12.0. The summed E-state index contributed by atoms with van der Waals surface area (Å²) in [4.78, 5) is 87.2. The summed E-state index contributed by atoms with van der Waals surface area (Å²) in [7, 11) is 0. The van der Waals surface area contributed by atoms with Crippen LogP contribution >= 0.6 is 0 Å². The molecule has 2 aliphatic rings. The summed E-state index contributed by atoms with van der Waals surface area (Å²) in [6.45, 7) is 35.5. The van der Waals surface area contributed by atoms with Gasteiger partial charge in [0.2, 0.25) is 0 Å². The molecule has 2 fully saturated rings. The predicted molar refractivity (Wildman–Crippen MR) is 324 cm³/mol. The molecule has 2 aromatic carbocycles. The minimum Gasteiger partial charge on any atom is -0.506 e. The Balaban J connectivity index is 1.46. The second-order valence-corrected chi connectivity index (χ2v) is 27.9. The van der Waals surface area contributed by atoms with E-state index in [1.165, 1.54) is 14.7 Å². The summed E-state index contributed by atoms with van der Waals surface area (Å²) in [5.41, 5.74) is -1.48. The van der Waals surface area contributed by atoms with Crippen molar-refractivity contribution >= 4 is 41.4 Å². The van der Waals surface area contributed by atoms with Gasteiger partial charge >= 0.3 is 30.5 Å². The molecule has 0 bridgehead atoms. The molecule has 3 aromatic rings. The van der Waals surface area contributed by atoms with Gasteiger partial charge in [0.15, 0.2) is 0 Å². The van der Waals surface area contributed by atoms with Crippen molar-refractivity contribution in [3.8, 4) is 5.75 Å².